The first-order chi connectivity index (χ1) is 16.4. The van der Waals surface area contributed by atoms with E-state index in [9.17, 15) is 14.4 Å². The van der Waals surface area contributed by atoms with E-state index in [1.165, 1.54) is 7.11 Å². The van der Waals surface area contributed by atoms with Crippen LogP contribution in [0.15, 0.2) is 28.8 Å². The number of rotatable bonds is 5. The molecule has 2 aromatic rings. The molecule has 0 bridgehead atoms. The summed E-state index contributed by atoms with van der Waals surface area (Å²) in [6.07, 6.45) is 2.35. The van der Waals surface area contributed by atoms with E-state index in [-0.39, 0.29) is 30.7 Å². The van der Waals surface area contributed by atoms with Gasteiger partial charge in [-0.25, -0.2) is 0 Å². The maximum absolute atomic E-state index is 12.8. The van der Waals surface area contributed by atoms with E-state index in [2.05, 4.69) is 21.1 Å². The number of hydrogen-bond acceptors (Lipinski definition) is 7. The third-order valence-electron chi connectivity index (χ3n) is 5.32. The highest BCUT2D eigenvalue weighted by Crippen LogP contribution is 2.25. The van der Waals surface area contributed by atoms with Crippen LogP contribution in [0.4, 0.5) is 0 Å². The molecule has 1 aromatic heterocycles. The summed E-state index contributed by atoms with van der Waals surface area (Å²) < 4.78 is 16.2. The quantitative estimate of drug-likeness (QED) is 0.607. The molecule has 10 heteroatoms. The Morgan fingerprint density at radius 3 is 2.79 bits per heavy atom. The maximum atomic E-state index is 12.8. The van der Waals surface area contributed by atoms with Gasteiger partial charge in [0.05, 0.1) is 19.2 Å². The lowest BCUT2D eigenvalue weighted by molar-refractivity contribution is -0.123. The first-order valence-corrected chi connectivity index (χ1v) is 11.5. The second kappa shape index (κ2) is 12.1. The predicted octanol–water partition coefficient (Wildman–Crippen LogP) is 2.09. The maximum Gasteiger partial charge on any atom is 0.274 e. The van der Waals surface area contributed by atoms with Gasteiger partial charge in [-0.1, -0.05) is 19.0 Å². The van der Waals surface area contributed by atoms with E-state index in [0.29, 0.717) is 61.0 Å². The molecule has 3 amide bonds. The number of carbonyl (C=O) groups is 3. The molecule has 0 unspecified atom stereocenters. The normalized spacial score (nSPS) is 17.6. The lowest BCUT2D eigenvalue weighted by Gasteiger charge is -2.19. The van der Waals surface area contributed by atoms with Crippen molar-refractivity contribution in [3.05, 3.63) is 41.3 Å². The van der Waals surface area contributed by atoms with Gasteiger partial charge in [0.1, 0.15) is 29.9 Å². The summed E-state index contributed by atoms with van der Waals surface area (Å²) in [7, 11) is 1.53. The van der Waals surface area contributed by atoms with Gasteiger partial charge in [-0.3, -0.25) is 14.4 Å². The topological polar surface area (TPSA) is 132 Å². The average molecular weight is 473 g/mol. The third kappa shape index (κ3) is 6.97. The molecule has 1 aliphatic heterocycles. The molecule has 3 N–H and O–H groups in total. The summed E-state index contributed by atoms with van der Waals surface area (Å²) >= 11 is 0. The molecule has 1 aliphatic rings. The SMILES string of the molecule is COc1ccc2c(c1)OCCNC(=O)[C@@H](NC(=O)c1cc(CC(C)C)on1)CCCCNC2=O. The number of nitrogens with zero attached hydrogens (tertiary/aromatic N) is 1. The monoisotopic (exact) mass is 472 g/mol. The number of nitrogens with one attached hydrogen (secondary N) is 3. The van der Waals surface area contributed by atoms with Crippen molar-refractivity contribution in [2.24, 2.45) is 5.92 Å². The summed E-state index contributed by atoms with van der Waals surface area (Å²) in [6.45, 7) is 4.86. The van der Waals surface area contributed by atoms with Crippen LogP contribution in [0.25, 0.3) is 0 Å². The Morgan fingerprint density at radius 2 is 2.03 bits per heavy atom. The van der Waals surface area contributed by atoms with Crippen molar-refractivity contribution in [2.75, 3.05) is 26.8 Å². The van der Waals surface area contributed by atoms with Gasteiger partial charge in [-0.2, -0.15) is 0 Å². The minimum Gasteiger partial charge on any atom is -0.497 e. The summed E-state index contributed by atoms with van der Waals surface area (Å²) in [6, 6.07) is 5.84. The molecule has 0 spiro atoms. The van der Waals surface area contributed by atoms with E-state index in [1.807, 2.05) is 13.8 Å². The molecule has 1 atom stereocenters. The van der Waals surface area contributed by atoms with Gasteiger partial charge in [-0.05, 0) is 37.3 Å². The number of fused-ring (bicyclic) bond motifs is 1. The van der Waals surface area contributed by atoms with Crippen LogP contribution in [-0.4, -0.2) is 55.7 Å². The van der Waals surface area contributed by atoms with Crippen molar-refractivity contribution in [3.63, 3.8) is 0 Å². The predicted molar refractivity (Wildman–Crippen MR) is 124 cm³/mol. The summed E-state index contributed by atoms with van der Waals surface area (Å²) in [4.78, 5) is 38.0. The van der Waals surface area contributed by atoms with Gasteiger partial charge in [0.2, 0.25) is 5.91 Å². The van der Waals surface area contributed by atoms with Crippen molar-refractivity contribution in [1.82, 2.24) is 21.1 Å². The number of carbonyl (C=O) groups excluding carboxylic acids is 3. The molecule has 0 fully saturated rings. The number of hydrogen-bond donors (Lipinski definition) is 3. The van der Waals surface area contributed by atoms with Crippen LogP contribution in [0.5, 0.6) is 11.5 Å². The molecule has 0 saturated carbocycles. The van der Waals surface area contributed by atoms with Crippen LogP contribution >= 0.6 is 0 Å². The highest BCUT2D eigenvalue weighted by molar-refractivity contribution is 5.97. The zero-order chi connectivity index (χ0) is 24.5. The van der Waals surface area contributed by atoms with Gasteiger partial charge in [-0.15, -0.1) is 0 Å². The molecule has 0 aliphatic carbocycles. The van der Waals surface area contributed by atoms with E-state index in [0.717, 1.165) is 0 Å². The smallest absolute Gasteiger partial charge is 0.274 e. The van der Waals surface area contributed by atoms with Crippen LogP contribution in [-0.2, 0) is 11.2 Å². The number of methoxy groups -OCH3 is 1. The molecule has 0 radical (unpaired) electrons. The van der Waals surface area contributed by atoms with Gasteiger partial charge in [0.15, 0.2) is 5.69 Å². The van der Waals surface area contributed by atoms with E-state index < -0.39 is 11.9 Å². The molecule has 3 rings (SSSR count). The zero-order valence-electron chi connectivity index (χ0n) is 19.8. The molecular weight excluding hydrogens is 440 g/mol. The lowest BCUT2D eigenvalue weighted by Crippen LogP contribution is -2.47. The van der Waals surface area contributed by atoms with Crippen LogP contribution < -0.4 is 25.4 Å². The van der Waals surface area contributed by atoms with Gasteiger partial charge in [0, 0.05) is 25.1 Å². The van der Waals surface area contributed by atoms with Crippen LogP contribution in [0.3, 0.4) is 0 Å². The average Bonchev–Trinajstić information content (AvgIpc) is 3.27. The van der Waals surface area contributed by atoms with E-state index in [1.54, 1.807) is 24.3 Å². The fourth-order valence-corrected chi connectivity index (χ4v) is 3.59. The lowest BCUT2D eigenvalue weighted by atomic mass is 10.1. The Bertz CT molecular complexity index is 1000. The molecule has 34 heavy (non-hydrogen) atoms. The Balaban J connectivity index is 1.65. The van der Waals surface area contributed by atoms with Gasteiger partial charge < -0.3 is 29.9 Å². The van der Waals surface area contributed by atoms with Crippen molar-refractivity contribution in [1.29, 1.82) is 0 Å². The minimum absolute atomic E-state index is 0.141. The fourth-order valence-electron chi connectivity index (χ4n) is 3.59. The molecule has 1 aromatic carbocycles. The third-order valence-corrected chi connectivity index (χ3v) is 5.32. The summed E-state index contributed by atoms with van der Waals surface area (Å²) in [5.41, 5.74) is 0.544. The Labute approximate surface area is 198 Å². The summed E-state index contributed by atoms with van der Waals surface area (Å²) in [5, 5.41) is 12.2. The highest BCUT2D eigenvalue weighted by atomic mass is 16.5. The molecule has 0 saturated heterocycles. The number of aromatic nitrogens is 1. The van der Waals surface area contributed by atoms with Gasteiger partial charge in [0.25, 0.3) is 11.8 Å². The number of ether oxygens (including phenoxy) is 2. The minimum atomic E-state index is -0.747. The molecule has 10 nitrogen and oxygen atoms in total. The van der Waals surface area contributed by atoms with E-state index in [4.69, 9.17) is 14.0 Å². The highest BCUT2D eigenvalue weighted by Gasteiger charge is 2.23. The van der Waals surface area contributed by atoms with Crippen molar-refractivity contribution < 1.29 is 28.4 Å². The zero-order valence-corrected chi connectivity index (χ0v) is 19.8. The van der Waals surface area contributed by atoms with Crippen LogP contribution in [0.1, 0.15) is 59.7 Å². The Hall–Kier alpha value is -3.56. The first kappa shape index (κ1) is 25.1. The largest absolute Gasteiger partial charge is 0.497 e. The number of amides is 3. The van der Waals surface area contributed by atoms with Crippen molar-refractivity contribution in [2.45, 2.75) is 45.6 Å². The Kier molecular flexibility index (Phi) is 8.89. The van der Waals surface area contributed by atoms with Crippen molar-refractivity contribution in [3.8, 4) is 11.5 Å². The Morgan fingerprint density at radius 1 is 1.21 bits per heavy atom. The van der Waals surface area contributed by atoms with E-state index >= 15 is 0 Å². The second-order valence-electron chi connectivity index (χ2n) is 8.56. The summed E-state index contributed by atoms with van der Waals surface area (Å²) in [5.74, 6) is 0.901. The standard InChI is InChI=1S/C24H32N4O6/c1-15(2)12-17-13-20(28-34-17)24(31)27-19-6-4-5-9-25-22(29)18-8-7-16(32-3)14-21(18)33-11-10-26-23(19)30/h7-8,13-15,19H,4-6,9-12H2,1-3H3,(H,25,29)(H,26,30)(H,27,31)/t19-/m0/s1. The molecular formula is C24H32N4O6. The van der Waals surface area contributed by atoms with Crippen LogP contribution in [0, 0.1) is 5.92 Å². The molecule has 184 valence electrons. The van der Waals surface area contributed by atoms with Gasteiger partial charge >= 0.3 is 0 Å². The van der Waals surface area contributed by atoms with Crippen molar-refractivity contribution >= 4 is 17.7 Å². The van der Waals surface area contributed by atoms with Crippen LogP contribution in [0.2, 0.25) is 0 Å². The molecule has 2 heterocycles. The first-order valence-electron chi connectivity index (χ1n) is 11.5. The second-order valence-corrected chi connectivity index (χ2v) is 8.56. The fraction of sp³-hybridized carbons (Fsp3) is 0.500. The number of benzene rings is 1.